The predicted molar refractivity (Wildman–Crippen MR) is 87.6 cm³/mol. The first-order chi connectivity index (χ1) is 9.97. The highest BCUT2D eigenvalue weighted by Crippen LogP contribution is 2.25. The molecular weight excluding hydrogens is 282 g/mol. The number of piperidine rings is 1. The topological polar surface area (TPSA) is 45.2 Å². The Morgan fingerprint density at radius 3 is 2.67 bits per heavy atom. The van der Waals surface area contributed by atoms with Crippen LogP contribution in [0.2, 0.25) is 0 Å². The fourth-order valence-corrected chi connectivity index (χ4v) is 3.35. The van der Waals surface area contributed by atoms with Gasteiger partial charge in [0.05, 0.1) is 10.7 Å². The number of carbonyl (C=O) groups is 1. The third-order valence-electron chi connectivity index (χ3n) is 3.72. The van der Waals surface area contributed by atoms with Crippen LogP contribution in [0.5, 0.6) is 0 Å². The van der Waals surface area contributed by atoms with Gasteiger partial charge in [-0.05, 0) is 19.3 Å². The lowest BCUT2D eigenvalue weighted by molar-refractivity contribution is -0.131. The van der Waals surface area contributed by atoms with Gasteiger partial charge in [0.2, 0.25) is 5.91 Å². The first kappa shape index (κ1) is 16.4. The van der Waals surface area contributed by atoms with E-state index in [1.807, 2.05) is 4.90 Å². The van der Waals surface area contributed by atoms with Gasteiger partial charge >= 0.3 is 0 Å². The van der Waals surface area contributed by atoms with Crippen molar-refractivity contribution in [3.8, 4) is 0 Å². The van der Waals surface area contributed by atoms with Crippen LogP contribution in [0.4, 0.5) is 0 Å². The van der Waals surface area contributed by atoms with Gasteiger partial charge in [0.1, 0.15) is 0 Å². The summed E-state index contributed by atoms with van der Waals surface area (Å²) in [6.07, 6.45) is 4.18. The normalized spacial score (nSPS) is 16.2. The molecule has 5 heteroatoms. The maximum atomic E-state index is 12.0. The lowest BCUT2D eigenvalue weighted by atomic mass is 9.98. The van der Waals surface area contributed by atoms with Gasteiger partial charge in [-0.2, -0.15) is 0 Å². The molecule has 1 aromatic heterocycles. The summed E-state index contributed by atoms with van der Waals surface area (Å²) in [6.45, 7) is 9.91. The smallest absolute Gasteiger partial charge is 0.223 e. The Morgan fingerprint density at radius 2 is 2.05 bits per heavy atom. The average molecular weight is 309 g/mol. The highest BCUT2D eigenvalue weighted by Gasteiger charge is 2.18. The van der Waals surface area contributed by atoms with Gasteiger partial charge in [-0.25, -0.2) is 4.98 Å². The van der Waals surface area contributed by atoms with Crippen molar-refractivity contribution in [3.05, 3.63) is 16.1 Å². The summed E-state index contributed by atoms with van der Waals surface area (Å²) >= 11 is 1.72. The summed E-state index contributed by atoms with van der Waals surface area (Å²) in [5.74, 6) is 0.288. The maximum Gasteiger partial charge on any atom is 0.223 e. The van der Waals surface area contributed by atoms with E-state index in [0.717, 1.165) is 44.7 Å². The average Bonchev–Trinajstić information content (AvgIpc) is 2.93. The molecule has 1 aromatic rings. The molecule has 0 aromatic carbocycles. The van der Waals surface area contributed by atoms with E-state index in [1.54, 1.807) is 11.3 Å². The molecule has 0 atom stereocenters. The van der Waals surface area contributed by atoms with E-state index in [9.17, 15) is 4.79 Å². The number of nitrogens with one attached hydrogen (secondary N) is 1. The van der Waals surface area contributed by atoms with E-state index in [1.165, 1.54) is 11.4 Å². The van der Waals surface area contributed by atoms with Crippen LogP contribution in [-0.4, -0.2) is 35.4 Å². The molecule has 1 saturated heterocycles. The Labute approximate surface area is 132 Å². The lowest BCUT2D eigenvalue weighted by Gasteiger charge is -2.26. The quantitative estimate of drug-likeness (QED) is 0.851. The van der Waals surface area contributed by atoms with Crippen molar-refractivity contribution in [1.29, 1.82) is 0 Å². The SMILES string of the molecule is CC(C)(C)c1nc(CNCCC(=O)N2CCCCC2)cs1. The molecule has 0 unspecified atom stereocenters. The molecule has 0 radical (unpaired) electrons. The van der Waals surface area contributed by atoms with Crippen molar-refractivity contribution in [1.82, 2.24) is 15.2 Å². The fraction of sp³-hybridized carbons (Fsp3) is 0.750. The summed E-state index contributed by atoms with van der Waals surface area (Å²) in [5, 5.41) is 6.61. The number of likely N-dealkylation sites (tertiary alicyclic amines) is 1. The highest BCUT2D eigenvalue weighted by molar-refractivity contribution is 7.09. The summed E-state index contributed by atoms with van der Waals surface area (Å²) < 4.78 is 0. The van der Waals surface area contributed by atoms with Crippen molar-refractivity contribution < 1.29 is 4.79 Å². The van der Waals surface area contributed by atoms with Gasteiger partial charge in [-0.3, -0.25) is 4.79 Å². The molecule has 1 aliphatic rings. The van der Waals surface area contributed by atoms with Crippen LogP contribution in [0.3, 0.4) is 0 Å². The molecule has 0 aliphatic carbocycles. The van der Waals surface area contributed by atoms with E-state index in [4.69, 9.17) is 0 Å². The van der Waals surface area contributed by atoms with Crippen molar-refractivity contribution in [3.63, 3.8) is 0 Å². The molecule has 1 N–H and O–H groups in total. The number of hydrogen-bond donors (Lipinski definition) is 1. The van der Waals surface area contributed by atoms with Crippen LogP contribution in [0.25, 0.3) is 0 Å². The van der Waals surface area contributed by atoms with Crippen LogP contribution in [0.15, 0.2) is 5.38 Å². The second-order valence-electron chi connectivity index (χ2n) is 6.76. The molecule has 1 fully saturated rings. The van der Waals surface area contributed by atoms with Crippen LogP contribution < -0.4 is 5.32 Å². The first-order valence-corrected chi connectivity index (χ1v) is 8.78. The fourth-order valence-electron chi connectivity index (χ4n) is 2.45. The van der Waals surface area contributed by atoms with Gasteiger partial charge in [0.25, 0.3) is 0 Å². The zero-order valence-electron chi connectivity index (χ0n) is 13.4. The molecule has 1 amide bonds. The van der Waals surface area contributed by atoms with Crippen molar-refractivity contribution in [2.24, 2.45) is 0 Å². The molecule has 0 bridgehead atoms. The minimum atomic E-state index is 0.118. The third-order valence-corrected chi connectivity index (χ3v) is 5.04. The first-order valence-electron chi connectivity index (χ1n) is 7.90. The van der Waals surface area contributed by atoms with E-state index < -0.39 is 0 Å². The van der Waals surface area contributed by atoms with Crippen molar-refractivity contribution >= 4 is 17.2 Å². The molecule has 118 valence electrons. The molecule has 0 spiro atoms. The standard InChI is InChI=1S/C16H27N3OS/c1-16(2,3)15-18-13(12-21-15)11-17-8-7-14(20)19-9-5-4-6-10-19/h12,17H,4-11H2,1-3H3. The minimum absolute atomic E-state index is 0.118. The van der Waals surface area contributed by atoms with Gasteiger partial charge in [0.15, 0.2) is 0 Å². The van der Waals surface area contributed by atoms with Crippen LogP contribution in [-0.2, 0) is 16.8 Å². The lowest BCUT2D eigenvalue weighted by Crippen LogP contribution is -2.37. The number of amides is 1. The number of aromatic nitrogens is 1. The number of rotatable bonds is 5. The zero-order chi connectivity index (χ0) is 15.3. The summed E-state index contributed by atoms with van der Waals surface area (Å²) in [5.41, 5.74) is 1.20. The van der Waals surface area contributed by atoms with E-state index >= 15 is 0 Å². The van der Waals surface area contributed by atoms with E-state index in [0.29, 0.717) is 6.42 Å². The number of thiazole rings is 1. The zero-order valence-corrected chi connectivity index (χ0v) is 14.3. The monoisotopic (exact) mass is 309 g/mol. The Hall–Kier alpha value is -0.940. The minimum Gasteiger partial charge on any atom is -0.343 e. The second kappa shape index (κ2) is 7.36. The van der Waals surface area contributed by atoms with Gasteiger partial charge in [-0.15, -0.1) is 11.3 Å². The molecule has 2 rings (SSSR count). The Morgan fingerprint density at radius 1 is 1.33 bits per heavy atom. The van der Waals surface area contributed by atoms with Crippen molar-refractivity contribution in [2.75, 3.05) is 19.6 Å². The van der Waals surface area contributed by atoms with Gasteiger partial charge in [-0.1, -0.05) is 20.8 Å². The number of nitrogens with zero attached hydrogens (tertiary/aromatic N) is 2. The van der Waals surface area contributed by atoms with Gasteiger partial charge < -0.3 is 10.2 Å². The Bertz CT molecular complexity index is 458. The van der Waals surface area contributed by atoms with Gasteiger partial charge in [0, 0.05) is 43.4 Å². The number of hydrogen-bond acceptors (Lipinski definition) is 4. The summed E-state index contributed by atoms with van der Waals surface area (Å²) in [7, 11) is 0. The molecule has 2 heterocycles. The van der Waals surface area contributed by atoms with Crippen LogP contribution in [0.1, 0.15) is 57.2 Å². The summed E-state index contributed by atoms with van der Waals surface area (Å²) in [6, 6.07) is 0. The summed E-state index contributed by atoms with van der Waals surface area (Å²) in [4.78, 5) is 18.7. The Balaban J connectivity index is 1.67. The predicted octanol–water partition coefficient (Wildman–Crippen LogP) is 2.93. The van der Waals surface area contributed by atoms with E-state index in [2.05, 4.69) is 36.5 Å². The maximum absolute atomic E-state index is 12.0. The van der Waals surface area contributed by atoms with E-state index in [-0.39, 0.29) is 11.3 Å². The molecule has 4 nitrogen and oxygen atoms in total. The largest absolute Gasteiger partial charge is 0.343 e. The highest BCUT2D eigenvalue weighted by atomic mass is 32.1. The van der Waals surface area contributed by atoms with Crippen LogP contribution >= 0.6 is 11.3 Å². The Kier molecular flexibility index (Phi) is 5.76. The molecule has 1 aliphatic heterocycles. The second-order valence-corrected chi connectivity index (χ2v) is 7.62. The molecule has 21 heavy (non-hydrogen) atoms. The third kappa shape index (κ3) is 5.08. The molecular formula is C16H27N3OS. The molecule has 0 saturated carbocycles. The van der Waals surface area contributed by atoms with Crippen molar-refractivity contribution in [2.45, 2.75) is 58.4 Å². The number of carbonyl (C=O) groups excluding carboxylic acids is 1. The van der Waals surface area contributed by atoms with Crippen LogP contribution in [0, 0.1) is 0 Å².